The average molecular weight is 386 g/mol. The minimum atomic E-state index is -0.405. The number of aromatic nitrogens is 1. The Morgan fingerprint density at radius 2 is 1.92 bits per heavy atom. The first-order valence-corrected chi connectivity index (χ1v) is 10.1. The summed E-state index contributed by atoms with van der Waals surface area (Å²) in [5, 5.41) is 3.65. The van der Waals surface area contributed by atoms with Gasteiger partial charge in [0.1, 0.15) is 0 Å². The van der Waals surface area contributed by atoms with Crippen molar-refractivity contribution < 1.29 is 14.3 Å². The molecular formula is C19H18N2O3S2. The van der Waals surface area contributed by atoms with Crippen molar-refractivity contribution in [1.29, 1.82) is 0 Å². The molecule has 3 rings (SSSR count). The Morgan fingerprint density at radius 3 is 2.73 bits per heavy atom. The van der Waals surface area contributed by atoms with Crippen LogP contribution in [-0.4, -0.2) is 29.7 Å². The number of nitrogens with zero attached hydrogens (tertiary/aromatic N) is 1. The van der Waals surface area contributed by atoms with E-state index in [-0.39, 0.29) is 18.9 Å². The van der Waals surface area contributed by atoms with Crippen molar-refractivity contribution in [1.82, 2.24) is 4.98 Å². The Balaban J connectivity index is 1.45. The fourth-order valence-electron chi connectivity index (χ4n) is 2.39. The van der Waals surface area contributed by atoms with Gasteiger partial charge >= 0.3 is 5.97 Å². The number of para-hydroxylation sites is 2. The zero-order valence-electron chi connectivity index (χ0n) is 14.2. The Hall–Kier alpha value is -2.38. The fourth-order valence-corrected chi connectivity index (χ4v) is 3.91. The second-order valence-electron chi connectivity index (χ2n) is 5.48. The Morgan fingerprint density at radius 1 is 1.15 bits per heavy atom. The molecular weight excluding hydrogens is 368 g/mol. The number of benzene rings is 2. The van der Waals surface area contributed by atoms with Gasteiger partial charge in [-0.05, 0) is 30.5 Å². The molecule has 1 aromatic heterocycles. The van der Waals surface area contributed by atoms with Crippen LogP contribution in [0.25, 0.3) is 10.2 Å². The SMILES string of the molecule is CSc1ccccc1NC(=O)COC(=O)CCc1nc2ccccc2s1. The third-order valence-corrected chi connectivity index (χ3v) is 5.52. The third kappa shape index (κ3) is 4.83. The summed E-state index contributed by atoms with van der Waals surface area (Å²) in [4.78, 5) is 29.3. The summed E-state index contributed by atoms with van der Waals surface area (Å²) in [6.45, 7) is -0.290. The average Bonchev–Trinajstić information content (AvgIpc) is 3.08. The number of aryl methyl sites for hydroxylation is 1. The summed E-state index contributed by atoms with van der Waals surface area (Å²) < 4.78 is 6.16. The highest BCUT2D eigenvalue weighted by atomic mass is 32.2. The van der Waals surface area contributed by atoms with Crippen molar-refractivity contribution in [3.8, 4) is 0 Å². The van der Waals surface area contributed by atoms with Crippen molar-refractivity contribution >= 4 is 50.9 Å². The van der Waals surface area contributed by atoms with Crippen LogP contribution in [-0.2, 0) is 20.7 Å². The highest BCUT2D eigenvalue weighted by Gasteiger charge is 2.11. The van der Waals surface area contributed by atoms with E-state index < -0.39 is 5.97 Å². The van der Waals surface area contributed by atoms with Gasteiger partial charge in [-0.1, -0.05) is 24.3 Å². The van der Waals surface area contributed by atoms with Gasteiger partial charge in [0.2, 0.25) is 0 Å². The van der Waals surface area contributed by atoms with Crippen LogP contribution in [0.2, 0.25) is 0 Å². The number of anilines is 1. The van der Waals surface area contributed by atoms with Gasteiger partial charge in [0, 0.05) is 11.3 Å². The molecule has 0 atom stereocenters. The van der Waals surface area contributed by atoms with Crippen LogP contribution in [0.3, 0.4) is 0 Å². The summed E-state index contributed by atoms with van der Waals surface area (Å²) in [5.74, 6) is -0.752. The molecule has 0 aliphatic carbocycles. The number of nitrogens with one attached hydrogen (secondary N) is 1. The van der Waals surface area contributed by atoms with Crippen LogP contribution >= 0.6 is 23.1 Å². The first kappa shape index (κ1) is 18.4. The second kappa shape index (κ2) is 8.82. The predicted octanol–water partition coefficient (Wildman–Crippen LogP) is 4.13. The summed E-state index contributed by atoms with van der Waals surface area (Å²) in [6, 6.07) is 15.3. The molecule has 0 spiro atoms. The summed E-state index contributed by atoms with van der Waals surface area (Å²) in [5.41, 5.74) is 1.66. The molecule has 1 N–H and O–H groups in total. The van der Waals surface area contributed by atoms with Gasteiger partial charge in [0.05, 0.1) is 27.3 Å². The molecule has 0 aliphatic heterocycles. The molecule has 0 bridgehead atoms. The van der Waals surface area contributed by atoms with E-state index in [1.54, 1.807) is 23.1 Å². The first-order valence-electron chi connectivity index (χ1n) is 8.08. The molecule has 3 aromatic rings. The maximum Gasteiger partial charge on any atom is 0.306 e. The van der Waals surface area contributed by atoms with Crippen molar-refractivity contribution in [2.75, 3.05) is 18.2 Å². The van der Waals surface area contributed by atoms with Crippen LogP contribution in [0.4, 0.5) is 5.69 Å². The molecule has 0 saturated carbocycles. The monoisotopic (exact) mass is 386 g/mol. The maximum atomic E-state index is 12.0. The number of ether oxygens (including phenoxy) is 1. The lowest BCUT2D eigenvalue weighted by Crippen LogP contribution is -2.21. The number of hydrogen-bond donors (Lipinski definition) is 1. The first-order chi connectivity index (χ1) is 12.7. The molecule has 0 saturated heterocycles. The zero-order chi connectivity index (χ0) is 18.4. The van der Waals surface area contributed by atoms with Crippen LogP contribution < -0.4 is 5.32 Å². The van der Waals surface area contributed by atoms with Crippen molar-refractivity contribution in [2.24, 2.45) is 0 Å². The second-order valence-corrected chi connectivity index (χ2v) is 7.45. The Labute approximate surface area is 159 Å². The van der Waals surface area contributed by atoms with Gasteiger partial charge in [0.25, 0.3) is 5.91 Å². The van der Waals surface area contributed by atoms with Crippen LogP contribution in [0.5, 0.6) is 0 Å². The number of fused-ring (bicyclic) bond motifs is 1. The molecule has 0 unspecified atom stereocenters. The standard InChI is InChI=1S/C19H18N2O3S2/c1-25-15-8-4-2-6-13(15)20-17(22)12-24-19(23)11-10-18-21-14-7-3-5-9-16(14)26-18/h2-9H,10-12H2,1H3,(H,20,22). The van der Waals surface area contributed by atoms with E-state index in [2.05, 4.69) is 10.3 Å². The number of rotatable bonds is 7. The molecule has 2 aromatic carbocycles. The van der Waals surface area contributed by atoms with E-state index >= 15 is 0 Å². The molecule has 134 valence electrons. The van der Waals surface area contributed by atoms with Crippen LogP contribution in [0.15, 0.2) is 53.4 Å². The van der Waals surface area contributed by atoms with Gasteiger partial charge in [-0.3, -0.25) is 9.59 Å². The van der Waals surface area contributed by atoms with Crippen LogP contribution in [0, 0.1) is 0 Å². The molecule has 7 heteroatoms. The van der Waals surface area contributed by atoms with Crippen LogP contribution in [0.1, 0.15) is 11.4 Å². The normalized spacial score (nSPS) is 10.7. The zero-order valence-corrected chi connectivity index (χ0v) is 15.9. The lowest BCUT2D eigenvalue weighted by molar-refractivity contribution is -0.147. The Kier molecular flexibility index (Phi) is 6.25. The van der Waals surface area contributed by atoms with E-state index in [0.717, 1.165) is 25.8 Å². The number of thioether (sulfide) groups is 1. The number of hydrogen-bond acceptors (Lipinski definition) is 6. The number of thiazole rings is 1. The Bertz CT molecular complexity index is 891. The molecule has 5 nitrogen and oxygen atoms in total. The minimum Gasteiger partial charge on any atom is -0.456 e. The molecule has 0 radical (unpaired) electrons. The highest BCUT2D eigenvalue weighted by molar-refractivity contribution is 7.98. The third-order valence-electron chi connectivity index (χ3n) is 3.63. The number of carbonyl (C=O) groups excluding carboxylic acids is 2. The summed E-state index contributed by atoms with van der Waals surface area (Å²) in [7, 11) is 0. The fraction of sp³-hybridized carbons (Fsp3) is 0.211. The number of esters is 1. The lowest BCUT2D eigenvalue weighted by atomic mass is 10.3. The van der Waals surface area contributed by atoms with Gasteiger partial charge in [0.15, 0.2) is 6.61 Å². The van der Waals surface area contributed by atoms with E-state index in [0.29, 0.717) is 6.42 Å². The van der Waals surface area contributed by atoms with E-state index in [4.69, 9.17) is 4.74 Å². The van der Waals surface area contributed by atoms with E-state index in [1.807, 2.05) is 54.8 Å². The quantitative estimate of drug-likeness (QED) is 0.488. The molecule has 1 heterocycles. The van der Waals surface area contributed by atoms with Gasteiger partial charge in [-0.15, -0.1) is 23.1 Å². The highest BCUT2D eigenvalue weighted by Crippen LogP contribution is 2.24. The van der Waals surface area contributed by atoms with Crippen molar-refractivity contribution in [3.05, 3.63) is 53.5 Å². The van der Waals surface area contributed by atoms with Gasteiger partial charge < -0.3 is 10.1 Å². The van der Waals surface area contributed by atoms with Gasteiger partial charge in [-0.2, -0.15) is 0 Å². The molecule has 0 fully saturated rings. The molecule has 1 amide bonds. The molecule has 0 aliphatic rings. The summed E-state index contributed by atoms with van der Waals surface area (Å²) in [6.07, 6.45) is 2.65. The topological polar surface area (TPSA) is 68.3 Å². The largest absolute Gasteiger partial charge is 0.456 e. The number of amides is 1. The summed E-state index contributed by atoms with van der Waals surface area (Å²) >= 11 is 3.11. The van der Waals surface area contributed by atoms with Crippen molar-refractivity contribution in [3.63, 3.8) is 0 Å². The predicted molar refractivity (Wildman–Crippen MR) is 106 cm³/mol. The van der Waals surface area contributed by atoms with Gasteiger partial charge in [-0.25, -0.2) is 4.98 Å². The molecule has 26 heavy (non-hydrogen) atoms. The lowest BCUT2D eigenvalue weighted by Gasteiger charge is -2.09. The van der Waals surface area contributed by atoms with E-state index in [9.17, 15) is 9.59 Å². The smallest absolute Gasteiger partial charge is 0.306 e. The number of carbonyl (C=O) groups is 2. The maximum absolute atomic E-state index is 12.0. The van der Waals surface area contributed by atoms with Crippen molar-refractivity contribution in [2.45, 2.75) is 17.7 Å². The van der Waals surface area contributed by atoms with E-state index in [1.165, 1.54) is 0 Å². The minimum absolute atomic E-state index is 0.203.